The molecule has 3 aliphatic rings. The summed E-state index contributed by atoms with van der Waals surface area (Å²) in [6.07, 6.45) is -0.516. The van der Waals surface area contributed by atoms with E-state index in [4.69, 9.17) is 0 Å². The normalized spacial score (nSPS) is 30.0. The van der Waals surface area contributed by atoms with Gasteiger partial charge in [0.25, 0.3) is 0 Å². The molecule has 2 aromatic carbocycles. The average molecular weight is 423 g/mol. The maximum Gasteiger partial charge on any atom is 0.250 e. The van der Waals surface area contributed by atoms with E-state index in [1.807, 2.05) is 30.3 Å². The molecule has 2 saturated heterocycles. The quantitative estimate of drug-likeness (QED) is 0.642. The summed E-state index contributed by atoms with van der Waals surface area (Å²) in [5.41, 5.74) is 0.0672. The number of nitrogens with zero attached hydrogens (tertiary/aromatic N) is 1. The Morgan fingerprint density at radius 1 is 1.13 bits per heavy atom. The number of benzene rings is 2. The molecule has 5 atom stereocenters. The predicted octanol–water partition coefficient (Wildman–Crippen LogP) is 1.17. The molecule has 7 nitrogen and oxygen atoms in total. The van der Waals surface area contributed by atoms with Crippen molar-refractivity contribution in [2.24, 2.45) is 11.8 Å². The number of rotatable bonds is 4. The van der Waals surface area contributed by atoms with E-state index in [1.54, 1.807) is 0 Å². The van der Waals surface area contributed by atoms with Gasteiger partial charge in [0.05, 0.1) is 17.9 Å². The van der Waals surface area contributed by atoms with Crippen molar-refractivity contribution < 1.29 is 23.9 Å². The Morgan fingerprint density at radius 2 is 1.87 bits per heavy atom. The molecule has 2 fully saturated rings. The van der Waals surface area contributed by atoms with E-state index in [0.29, 0.717) is 17.7 Å². The molecule has 31 heavy (non-hydrogen) atoms. The third-order valence-corrected chi connectivity index (χ3v) is 6.69. The van der Waals surface area contributed by atoms with Crippen LogP contribution in [0, 0.1) is 17.7 Å². The lowest BCUT2D eigenvalue weighted by Crippen LogP contribution is -2.55. The van der Waals surface area contributed by atoms with Crippen LogP contribution in [0.25, 0.3) is 0 Å². The maximum absolute atomic E-state index is 14.1. The van der Waals surface area contributed by atoms with E-state index >= 15 is 0 Å². The van der Waals surface area contributed by atoms with Gasteiger partial charge in [-0.25, -0.2) is 4.39 Å². The first-order chi connectivity index (χ1) is 14.8. The number of hydrogen-bond acceptors (Lipinski definition) is 5. The van der Waals surface area contributed by atoms with Crippen LogP contribution in [0.1, 0.15) is 18.1 Å². The second kappa shape index (κ2) is 6.96. The summed E-state index contributed by atoms with van der Waals surface area (Å²) in [4.78, 5) is 41.1. The zero-order chi connectivity index (χ0) is 21.9. The molecule has 160 valence electrons. The van der Waals surface area contributed by atoms with Crippen LogP contribution in [0.4, 0.5) is 10.1 Å². The SMILES string of the molecule is CC(O)C1NC2(C(=O)Nc3ccc(F)cc32)[C@H]2C(=O)N(CCc3ccccc3)C(=O)[C@@H]12. The molecule has 3 aliphatic heterocycles. The zero-order valence-electron chi connectivity index (χ0n) is 16.8. The highest BCUT2D eigenvalue weighted by molar-refractivity contribution is 6.15. The predicted molar refractivity (Wildman–Crippen MR) is 109 cm³/mol. The first-order valence-electron chi connectivity index (χ1n) is 10.3. The molecule has 3 N–H and O–H groups in total. The van der Waals surface area contributed by atoms with Gasteiger partial charge in [-0.15, -0.1) is 0 Å². The maximum atomic E-state index is 14.1. The first-order valence-corrected chi connectivity index (χ1v) is 10.3. The smallest absolute Gasteiger partial charge is 0.250 e. The fraction of sp³-hybridized carbons (Fsp3) is 0.348. The summed E-state index contributed by atoms with van der Waals surface area (Å²) < 4.78 is 14.1. The third kappa shape index (κ3) is 2.75. The number of carbonyl (C=O) groups excluding carboxylic acids is 3. The number of anilines is 1. The molecule has 0 bridgehead atoms. The molecule has 0 saturated carbocycles. The highest BCUT2D eigenvalue weighted by Gasteiger charge is 2.71. The van der Waals surface area contributed by atoms with Crippen molar-refractivity contribution in [2.45, 2.75) is 31.0 Å². The molecular formula is C23H22FN3O4. The number of amides is 3. The Balaban J connectivity index is 1.55. The van der Waals surface area contributed by atoms with Crippen LogP contribution in [0.2, 0.25) is 0 Å². The van der Waals surface area contributed by atoms with Gasteiger partial charge in [-0.05, 0) is 37.1 Å². The molecule has 3 heterocycles. The molecule has 0 aromatic heterocycles. The van der Waals surface area contributed by atoms with Crippen LogP contribution >= 0.6 is 0 Å². The first kappa shape index (κ1) is 19.8. The van der Waals surface area contributed by atoms with Crippen molar-refractivity contribution in [3.05, 3.63) is 65.5 Å². The molecule has 3 amide bonds. The number of aliphatic hydroxyl groups is 1. The van der Waals surface area contributed by atoms with Crippen molar-refractivity contribution in [3.63, 3.8) is 0 Å². The monoisotopic (exact) mass is 423 g/mol. The fourth-order valence-electron chi connectivity index (χ4n) is 5.28. The van der Waals surface area contributed by atoms with Crippen LogP contribution in [0.15, 0.2) is 48.5 Å². The van der Waals surface area contributed by atoms with Gasteiger partial charge in [-0.3, -0.25) is 24.6 Å². The number of fused-ring (bicyclic) bond motifs is 4. The van der Waals surface area contributed by atoms with E-state index in [0.717, 1.165) is 5.56 Å². The minimum atomic E-state index is -1.60. The second-order valence-corrected chi connectivity index (χ2v) is 8.43. The van der Waals surface area contributed by atoms with Gasteiger partial charge in [0.1, 0.15) is 11.4 Å². The Labute approximate surface area is 178 Å². The van der Waals surface area contributed by atoms with Crippen molar-refractivity contribution >= 4 is 23.4 Å². The highest BCUT2D eigenvalue weighted by Crippen LogP contribution is 2.53. The lowest BCUT2D eigenvalue weighted by molar-refractivity contribution is -0.143. The van der Waals surface area contributed by atoms with Crippen molar-refractivity contribution in [3.8, 4) is 0 Å². The minimum absolute atomic E-state index is 0.176. The zero-order valence-corrected chi connectivity index (χ0v) is 16.8. The van der Waals surface area contributed by atoms with Gasteiger partial charge in [0.15, 0.2) is 0 Å². The minimum Gasteiger partial charge on any atom is -0.392 e. The molecule has 3 unspecified atom stereocenters. The van der Waals surface area contributed by atoms with Crippen LogP contribution in [0.5, 0.6) is 0 Å². The average Bonchev–Trinajstić information content (AvgIpc) is 3.33. The molecular weight excluding hydrogens is 401 g/mol. The number of likely N-dealkylation sites (tertiary alicyclic amines) is 1. The van der Waals surface area contributed by atoms with Crippen LogP contribution in [0.3, 0.4) is 0 Å². The van der Waals surface area contributed by atoms with Crippen molar-refractivity contribution in [1.29, 1.82) is 0 Å². The largest absolute Gasteiger partial charge is 0.392 e. The number of halogens is 1. The summed E-state index contributed by atoms with van der Waals surface area (Å²) in [5, 5.41) is 16.1. The van der Waals surface area contributed by atoms with Crippen LogP contribution in [-0.2, 0) is 26.3 Å². The lowest BCUT2D eigenvalue weighted by Gasteiger charge is -2.30. The summed E-state index contributed by atoms with van der Waals surface area (Å²) >= 11 is 0. The topological polar surface area (TPSA) is 98.7 Å². The van der Waals surface area contributed by atoms with Gasteiger partial charge in [-0.2, -0.15) is 0 Å². The molecule has 0 aliphatic carbocycles. The van der Waals surface area contributed by atoms with Crippen molar-refractivity contribution in [2.75, 3.05) is 11.9 Å². The fourth-order valence-corrected chi connectivity index (χ4v) is 5.28. The standard InChI is InChI=1S/C23H22FN3O4/c1-12(28)19-17-18(21(30)27(20(17)29)10-9-13-5-3-2-4-6-13)23(26-19)15-11-14(24)7-8-16(15)25-22(23)31/h2-8,11-12,17-19,26,28H,9-10H2,1H3,(H,25,31)/t12?,17-,18-,19?,23?/m1/s1. The number of carbonyl (C=O) groups is 3. The Kier molecular flexibility index (Phi) is 4.46. The van der Waals surface area contributed by atoms with E-state index in [9.17, 15) is 23.9 Å². The summed E-state index contributed by atoms with van der Waals surface area (Å²) in [7, 11) is 0. The molecule has 0 radical (unpaired) electrons. The number of hydrogen-bond donors (Lipinski definition) is 3. The van der Waals surface area contributed by atoms with Crippen LogP contribution in [-0.4, -0.2) is 46.4 Å². The number of nitrogens with one attached hydrogen (secondary N) is 2. The number of aliphatic hydroxyl groups excluding tert-OH is 1. The summed E-state index contributed by atoms with van der Waals surface area (Å²) in [5.74, 6) is -3.93. The van der Waals surface area contributed by atoms with E-state index in [-0.39, 0.29) is 6.54 Å². The Morgan fingerprint density at radius 3 is 2.58 bits per heavy atom. The van der Waals surface area contributed by atoms with E-state index in [2.05, 4.69) is 10.6 Å². The summed E-state index contributed by atoms with van der Waals surface area (Å²) in [6.45, 7) is 1.69. The second-order valence-electron chi connectivity index (χ2n) is 8.43. The highest BCUT2D eigenvalue weighted by atomic mass is 19.1. The third-order valence-electron chi connectivity index (χ3n) is 6.69. The molecule has 8 heteroatoms. The summed E-state index contributed by atoms with van der Waals surface area (Å²) in [6, 6.07) is 12.5. The molecule has 1 spiro atoms. The van der Waals surface area contributed by atoms with Gasteiger partial charge < -0.3 is 10.4 Å². The Hall–Kier alpha value is -3.10. The lowest BCUT2D eigenvalue weighted by atomic mass is 9.76. The van der Waals surface area contributed by atoms with Crippen LogP contribution < -0.4 is 10.6 Å². The van der Waals surface area contributed by atoms with Gasteiger partial charge >= 0.3 is 0 Å². The molecule has 5 rings (SSSR count). The van der Waals surface area contributed by atoms with Crippen molar-refractivity contribution in [1.82, 2.24) is 10.2 Å². The number of imide groups is 1. The van der Waals surface area contributed by atoms with E-state index in [1.165, 1.54) is 30.0 Å². The van der Waals surface area contributed by atoms with Gasteiger partial charge in [-0.1, -0.05) is 30.3 Å². The van der Waals surface area contributed by atoms with E-state index < -0.39 is 53.1 Å². The molecule has 2 aromatic rings. The van der Waals surface area contributed by atoms with Gasteiger partial charge in [0, 0.05) is 23.8 Å². The van der Waals surface area contributed by atoms with Gasteiger partial charge in [0.2, 0.25) is 17.7 Å². The Bertz CT molecular complexity index is 1090.